The average Bonchev–Trinajstić information content (AvgIpc) is 2.69. The second-order valence-electron chi connectivity index (χ2n) is 5.22. The number of ether oxygens (including phenoxy) is 2. The first kappa shape index (κ1) is 14.2. The van der Waals surface area contributed by atoms with Gasteiger partial charge in [0.1, 0.15) is 12.2 Å². The smallest absolute Gasteiger partial charge is 0.412 e. The average molecular weight is 363 g/mol. The second-order valence-corrected chi connectivity index (χ2v) is 5.22. The van der Waals surface area contributed by atoms with E-state index < -0.39 is 47.9 Å². The third-order valence-corrected chi connectivity index (χ3v) is 3.31. The van der Waals surface area contributed by atoms with Crippen molar-refractivity contribution < 1.29 is 34.4 Å². The van der Waals surface area contributed by atoms with Crippen LogP contribution in [0.5, 0.6) is 0 Å². The van der Waals surface area contributed by atoms with Gasteiger partial charge in [-0.1, -0.05) is 19.8 Å². The first-order chi connectivity index (χ1) is 13.2. The number of amides is 1. The standard InChI is InChI=1S/C15H22FN3O6/c1-3-4-5-6-24-15(23)18-12-9(16)7-19(14(22)17-12)13-11(21)10(20)8(2)25-13/h7-8,10-11,13,20-21H,3-6H2,1-2H3,(H,17,18,22,23)/t8-,10-,11-,13-/m1/s1/i8D,10D,11D,13D. The fourth-order valence-electron chi connectivity index (χ4n) is 1.99. The molecule has 1 amide bonds. The van der Waals surface area contributed by atoms with E-state index in [1.165, 1.54) is 0 Å². The maximum absolute atomic E-state index is 14.4. The van der Waals surface area contributed by atoms with E-state index in [2.05, 4.69) is 4.98 Å². The van der Waals surface area contributed by atoms with Gasteiger partial charge in [0.25, 0.3) is 0 Å². The van der Waals surface area contributed by atoms with Crippen LogP contribution in [0.15, 0.2) is 11.0 Å². The molecular formula is C15H22FN3O6. The Hall–Kier alpha value is -2.04. The summed E-state index contributed by atoms with van der Waals surface area (Å²) in [5.41, 5.74) is -1.46. The molecule has 1 saturated heterocycles. The fourth-order valence-corrected chi connectivity index (χ4v) is 1.99. The molecule has 0 radical (unpaired) electrons. The molecule has 1 aliphatic heterocycles. The van der Waals surface area contributed by atoms with E-state index >= 15 is 0 Å². The zero-order valence-electron chi connectivity index (χ0n) is 17.7. The normalized spacial score (nSPS) is 39.9. The SMILES string of the molecule is [2H][C@]1(O)[C@@]([2H])(O)[C@]([2H])(n2cc(F)c(NC(=O)OCCCCC)nc2=O)O[C@]1([2H])C. The minimum Gasteiger partial charge on any atom is -0.449 e. The maximum Gasteiger partial charge on any atom is 0.412 e. The lowest BCUT2D eigenvalue weighted by Crippen LogP contribution is -2.36. The first-order valence-electron chi connectivity index (χ1n) is 9.59. The van der Waals surface area contributed by atoms with Crippen LogP contribution in [0.2, 0.25) is 0 Å². The number of hydrogen-bond donors (Lipinski definition) is 3. The Morgan fingerprint density at radius 2 is 2.24 bits per heavy atom. The Balaban J connectivity index is 2.32. The number of hydrogen-bond acceptors (Lipinski definition) is 7. The van der Waals surface area contributed by atoms with Crippen LogP contribution < -0.4 is 11.0 Å². The van der Waals surface area contributed by atoms with Gasteiger partial charge in [-0.2, -0.15) is 4.98 Å². The van der Waals surface area contributed by atoms with Gasteiger partial charge >= 0.3 is 11.8 Å². The molecule has 0 saturated carbocycles. The van der Waals surface area contributed by atoms with Gasteiger partial charge in [-0.05, 0) is 13.3 Å². The number of halogens is 1. The van der Waals surface area contributed by atoms with Crippen molar-refractivity contribution in [1.82, 2.24) is 9.55 Å². The van der Waals surface area contributed by atoms with E-state index in [-0.39, 0.29) is 11.2 Å². The summed E-state index contributed by atoms with van der Waals surface area (Å²) in [6.45, 7) is 2.80. The quantitative estimate of drug-likeness (QED) is 0.638. The number of anilines is 1. The van der Waals surface area contributed by atoms with Crippen molar-refractivity contribution >= 4 is 11.9 Å². The van der Waals surface area contributed by atoms with Crippen molar-refractivity contribution in [3.05, 3.63) is 22.5 Å². The van der Waals surface area contributed by atoms with E-state index in [0.717, 1.165) is 19.8 Å². The lowest BCUT2D eigenvalue weighted by atomic mass is 10.1. The molecule has 0 aromatic carbocycles. The van der Waals surface area contributed by atoms with Crippen molar-refractivity contribution in [2.75, 3.05) is 11.9 Å². The summed E-state index contributed by atoms with van der Waals surface area (Å²) in [6.07, 6.45) is -11.4. The zero-order valence-corrected chi connectivity index (χ0v) is 13.7. The Kier molecular flexibility index (Phi) is 4.74. The number of nitrogens with zero attached hydrogens (tertiary/aromatic N) is 2. The van der Waals surface area contributed by atoms with Gasteiger partial charge in [0.05, 0.1) is 24.4 Å². The molecule has 0 bridgehead atoms. The van der Waals surface area contributed by atoms with Gasteiger partial charge in [-0.3, -0.25) is 9.88 Å². The molecule has 140 valence electrons. The number of aliphatic hydroxyl groups is 2. The monoisotopic (exact) mass is 363 g/mol. The van der Waals surface area contributed by atoms with Gasteiger partial charge < -0.3 is 19.7 Å². The van der Waals surface area contributed by atoms with E-state index in [4.69, 9.17) is 15.0 Å². The van der Waals surface area contributed by atoms with Crippen molar-refractivity contribution in [2.24, 2.45) is 0 Å². The first-order valence-corrected chi connectivity index (χ1v) is 7.59. The Morgan fingerprint density at radius 3 is 2.84 bits per heavy atom. The predicted molar refractivity (Wildman–Crippen MR) is 84.5 cm³/mol. The Morgan fingerprint density at radius 1 is 1.52 bits per heavy atom. The van der Waals surface area contributed by atoms with Crippen LogP contribution in [-0.2, 0) is 9.47 Å². The number of carbonyl (C=O) groups is 1. The molecule has 1 aromatic rings. The van der Waals surface area contributed by atoms with Crippen molar-refractivity contribution in [2.45, 2.75) is 57.6 Å². The van der Waals surface area contributed by atoms with Crippen LogP contribution in [0.4, 0.5) is 15.0 Å². The second kappa shape index (κ2) is 8.37. The largest absolute Gasteiger partial charge is 0.449 e. The number of nitrogens with one attached hydrogen (secondary N) is 1. The summed E-state index contributed by atoms with van der Waals surface area (Å²) < 4.78 is 55.2. The van der Waals surface area contributed by atoms with Gasteiger partial charge in [0.15, 0.2) is 17.8 Å². The summed E-state index contributed by atoms with van der Waals surface area (Å²) in [6, 6.07) is 0. The highest BCUT2D eigenvalue weighted by molar-refractivity contribution is 5.83. The van der Waals surface area contributed by atoms with Gasteiger partial charge in [-0.25, -0.2) is 14.0 Å². The molecular weight excluding hydrogens is 337 g/mol. The molecule has 9 nitrogen and oxygen atoms in total. The summed E-state index contributed by atoms with van der Waals surface area (Å²) in [7, 11) is 0. The topological polar surface area (TPSA) is 123 Å². The van der Waals surface area contributed by atoms with E-state index in [1.807, 2.05) is 12.2 Å². The van der Waals surface area contributed by atoms with Crippen LogP contribution in [0.1, 0.15) is 44.8 Å². The third kappa shape index (κ3) is 4.53. The highest BCUT2D eigenvalue weighted by atomic mass is 19.1. The van der Waals surface area contributed by atoms with Crippen LogP contribution >= 0.6 is 0 Å². The van der Waals surface area contributed by atoms with Crippen molar-refractivity contribution in [3.8, 4) is 0 Å². The summed E-state index contributed by atoms with van der Waals surface area (Å²) in [4.78, 5) is 27.2. The van der Waals surface area contributed by atoms with Gasteiger partial charge in [0, 0.05) is 0 Å². The van der Waals surface area contributed by atoms with Crippen LogP contribution in [-0.4, -0.2) is 50.7 Å². The molecule has 3 N–H and O–H groups in total. The van der Waals surface area contributed by atoms with Gasteiger partial charge in [0.2, 0.25) is 0 Å². The molecule has 0 spiro atoms. The lowest BCUT2D eigenvalue weighted by Gasteiger charge is -2.17. The lowest BCUT2D eigenvalue weighted by molar-refractivity contribution is -0.0355. The van der Waals surface area contributed by atoms with Gasteiger partial charge in [-0.15, -0.1) is 0 Å². The molecule has 1 aromatic heterocycles. The minimum absolute atomic E-state index is 0.00634. The molecule has 0 unspecified atom stereocenters. The maximum atomic E-state index is 14.4. The number of aromatic nitrogens is 2. The number of rotatable bonds is 6. The molecule has 0 aliphatic carbocycles. The van der Waals surface area contributed by atoms with Crippen LogP contribution in [0.3, 0.4) is 0 Å². The Bertz CT molecular complexity index is 850. The van der Waals surface area contributed by atoms with Crippen LogP contribution in [0.25, 0.3) is 0 Å². The van der Waals surface area contributed by atoms with Crippen molar-refractivity contribution in [3.63, 3.8) is 0 Å². The molecule has 2 heterocycles. The highest BCUT2D eigenvalue weighted by Gasteiger charge is 2.42. The Labute approximate surface area is 149 Å². The number of unbranched alkanes of at least 4 members (excludes halogenated alkanes) is 2. The predicted octanol–water partition coefficient (Wildman–Crippen LogP) is 0.760. The third-order valence-electron chi connectivity index (χ3n) is 3.31. The summed E-state index contributed by atoms with van der Waals surface area (Å²) in [5.74, 6) is -2.19. The van der Waals surface area contributed by atoms with E-state index in [0.29, 0.717) is 12.6 Å². The molecule has 2 rings (SSSR count). The minimum atomic E-state index is -3.58. The fraction of sp³-hybridized carbons (Fsp3) is 0.667. The summed E-state index contributed by atoms with van der Waals surface area (Å²) >= 11 is 0. The zero-order chi connectivity index (χ0) is 22.3. The molecule has 10 heteroatoms. The van der Waals surface area contributed by atoms with E-state index in [9.17, 15) is 24.2 Å². The molecule has 25 heavy (non-hydrogen) atoms. The highest BCUT2D eigenvalue weighted by Crippen LogP contribution is 2.28. The van der Waals surface area contributed by atoms with Crippen molar-refractivity contribution in [1.29, 1.82) is 0 Å². The molecule has 1 aliphatic rings. The van der Waals surface area contributed by atoms with Crippen LogP contribution in [0, 0.1) is 5.82 Å². The summed E-state index contributed by atoms with van der Waals surface area (Å²) in [5, 5.41) is 22.1. The number of carbonyl (C=O) groups excluding carboxylic acids is 1. The molecule has 1 fully saturated rings. The molecule has 4 atom stereocenters. The van der Waals surface area contributed by atoms with E-state index in [1.54, 1.807) is 0 Å².